The Hall–Kier alpha value is -2.44. The molecule has 146 valence electrons. The maximum absolute atomic E-state index is 12.9. The molecular weight excluding hydrogens is 376 g/mol. The van der Waals surface area contributed by atoms with Gasteiger partial charge in [-0.15, -0.1) is 0 Å². The summed E-state index contributed by atoms with van der Waals surface area (Å²) in [6.07, 6.45) is 7.35. The first-order chi connectivity index (χ1) is 13.5. The number of halogens is 1. The summed E-state index contributed by atoms with van der Waals surface area (Å²) in [5.41, 5.74) is 3.14. The van der Waals surface area contributed by atoms with E-state index in [-0.39, 0.29) is 11.9 Å². The van der Waals surface area contributed by atoms with Crippen molar-refractivity contribution < 1.29 is 9.90 Å². The van der Waals surface area contributed by atoms with E-state index in [2.05, 4.69) is 15.3 Å². The van der Waals surface area contributed by atoms with Crippen LogP contribution in [0.4, 0.5) is 0 Å². The largest absolute Gasteiger partial charge is 0.391 e. The van der Waals surface area contributed by atoms with Gasteiger partial charge in [-0.1, -0.05) is 30.5 Å². The quantitative estimate of drug-likeness (QED) is 0.661. The highest BCUT2D eigenvalue weighted by Gasteiger charge is 2.25. The average molecular weight is 399 g/mol. The Morgan fingerprint density at radius 2 is 2.14 bits per heavy atom. The zero-order valence-corrected chi connectivity index (χ0v) is 16.5. The molecule has 1 aliphatic rings. The van der Waals surface area contributed by atoms with E-state index in [1.54, 1.807) is 12.3 Å². The van der Waals surface area contributed by atoms with Gasteiger partial charge in [0.25, 0.3) is 5.91 Å². The van der Waals surface area contributed by atoms with Crippen molar-refractivity contribution in [2.45, 2.75) is 44.2 Å². The molecule has 2 N–H and O–H groups in total. The highest BCUT2D eigenvalue weighted by Crippen LogP contribution is 2.23. The minimum absolute atomic E-state index is 0.212. The summed E-state index contributed by atoms with van der Waals surface area (Å²) in [6, 6.07) is 7.33. The summed E-state index contributed by atoms with van der Waals surface area (Å²) in [5.74, 6) is -0.246. The van der Waals surface area contributed by atoms with E-state index >= 15 is 0 Å². The van der Waals surface area contributed by atoms with Gasteiger partial charge in [0, 0.05) is 24.8 Å². The van der Waals surface area contributed by atoms with Gasteiger partial charge in [-0.05, 0) is 48.6 Å². The lowest BCUT2D eigenvalue weighted by atomic mass is 9.92. The standard InChI is InChI=1S/C21H23ClN4O2/c1-26-9-8-15-14(10-13-6-7-19(22)23-12-13)11-17(24-20(15)26)21(28)25-16-4-2-3-5-18(16)27/h6-9,11-12,16,18,27H,2-5,10H2,1H3,(H,25,28)/t16-,18-/m0/s1. The van der Waals surface area contributed by atoms with Crippen molar-refractivity contribution >= 4 is 28.5 Å². The van der Waals surface area contributed by atoms with E-state index in [0.29, 0.717) is 17.3 Å². The summed E-state index contributed by atoms with van der Waals surface area (Å²) in [6.45, 7) is 0. The van der Waals surface area contributed by atoms with Crippen LogP contribution in [0.3, 0.4) is 0 Å². The highest BCUT2D eigenvalue weighted by atomic mass is 35.5. The topological polar surface area (TPSA) is 80.0 Å². The molecule has 1 saturated carbocycles. The molecule has 0 radical (unpaired) electrons. The molecule has 1 amide bonds. The van der Waals surface area contributed by atoms with Gasteiger partial charge in [0.05, 0.1) is 12.1 Å². The molecule has 3 aromatic rings. The summed E-state index contributed by atoms with van der Waals surface area (Å²) < 4.78 is 1.91. The summed E-state index contributed by atoms with van der Waals surface area (Å²) in [4.78, 5) is 21.6. The molecule has 0 aliphatic heterocycles. The van der Waals surface area contributed by atoms with E-state index in [0.717, 1.165) is 47.8 Å². The van der Waals surface area contributed by atoms with Gasteiger partial charge in [0.1, 0.15) is 16.5 Å². The van der Waals surface area contributed by atoms with Gasteiger partial charge in [-0.2, -0.15) is 0 Å². The molecule has 0 saturated heterocycles. The van der Waals surface area contributed by atoms with Crippen molar-refractivity contribution in [1.29, 1.82) is 0 Å². The Morgan fingerprint density at radius 1 is 1.32 bits per heavy atom. The van der Waals surface area contributed by atoms with E-state index in [1.165, 1.54) is 0 Å². The van der Waals surface area contributed by atoms with E-state index < -0.39 is 6.10 Å². The maximum Gasteiger partial charge on any atom is 0.270 e. The number of rotatable bonds is 4. The Balaban J connectivity index is 1.65. The molecule has 0 unspecified atom stereocenters. The van der Waals surface area contributed by atoms with Crippen molar-refractivity contribution in [3.63, 3.8) is 0 Å². The number of hydrogen-bond acceptors (Lipinski definition) is 4. The number of nitrogens with zero attached hydrogens (tertiary/aromatic N) is 3. The third kappa shape index (κ3) is 3.88. The summed E-state index contributed by atoms with van der Waals surface area (Å²) in [5, 5.41) is 14.6. The minimum atomic E-state index is -0.490. The van der Waals surface area contributed by atoms with Crippen LogP contribution in [0.2, 0.25) is 5.15 Å². The molecule has 2 atom stereocenters. The predicted octanol–water partition coefficient (Wildman–Crippen LogP) is 3.25. The normalized spacial score (nSPS) is 19.7. The molecular formula is C21H23ClN4O2. The minimum Gasteiger partial charge on any atom is -0.391 e. The van der Waals surface area contributed by atoms with Gasteiger partial charge < -0.3 is 15.0 Å². The number of aliphatic hydroxyl groups excluding tert-OH is 1. The molecule has 1 fully saturated rings. The molecule has 7 heteroatoms. The number of hydrogen-bond donors (Lipinski definition) is 2. The van der Waals surface area contributed by atoms with Gasteiger partial charge in [-0.25, -0.2) is 9.97 Å². The molecule has 3 aromatic heterocycles. The molecule has 0 bridgehead atoms. The van der Waals surface area contributed by atoms with Crippen LogP contribution in [0.1, 0.15) is 47.3 Å². The zero-order chi connectivity index (χ0) is 19.7. The van der Waals surface area contributed by atoms with Crippen LogP contribution in [0.15, 0.2) is 36.7 Å². The number of fused-ring (bicyclic) bond motifs is 1. The van der Waals surface area contributed by atoms with Crippen LogP contribution in [0.5, 0.6) is 0 Å². The lowest BCUT2D eigenvalue weighted by Gasteiger charge is -2.28. The van der Waals surface area contributed by atoms with Crippen LogP contribution >= 0.6 is 11.6 Å². The van der Waals surface area contributed by atoms with Crippen LogP contribution in [0.25, 0.3) is 11.0 Å². The molecule has 4 rings (SSSR count). The predicted molar refractivity (Wildman–Crippen MR) is 108 cm³/mol. The van der Waals surface area contributed by atoms with Crippen molar-refractivity contribution in [3.05, 3.63) is 58.6 Å². The number of nitrogens with one attached hydrogen (secondary N) is 1. The fourth-order valence-electron chi connectivity index (χ4n) is 3.82. The number of carbonyl (C=O) groups is 1. The number of amides is 1. The molecule has 1 aliphatic carbocycles. The molecule has 28 heavy (non-hydrogen) atoms. The highest BCUT2D eigenvalue weighted by molar-refractivity contribution is 6.29. The van der Waals surface area contributed by atoms with Crippen molar-refractivity contribution in [2.24, 2.45) is 7.05 Å². The van der Waals surface area contributed by atoms with Crippen LogP contribution < -0.4 is 5.32 Å². The van der Waals surface area contributed by atoms with E-state index in [1.807, 2.05) is 36.0 Å². The zero-order valence-electron chi connectivity index (χ0n) is 15.7. The van der Waals surface area contributed by atoms with E-state index in [4.69, 9.17) is 11.6 Å². The summed E-state index contributed by atoms with van der Waals surface area (Å²) >= 11 is 5.89. The third-order valence-corrected chi connectivity index (χ3v) is 5.61. The smallest absolute Gasteiger partial charge is 0.270 e. The van der Waals surface area contributed by atoms with Crippen molar-refractivity contribution in [3.8, 4) is 0 Å². The number of pyridine rings is 2. The Kier molecular flexibility index (Phi) is 5.33. The second kappa shape index (κ2) is 7.89. The first-order valence-corrected chi connectivity index (χ1v) is 9.93. The van der Waals surface area contributed by atoms with Gasteiger partial charge in [0.15, 0.2) is 0 Å². The van der Waals surface area contributed by atoms with Crippen LogP contribution in [-0.4, -0.2) is 37.7 Å². The monoisotopic (exact) mass is 398 g/mol. The summed E-state index contributed by atoms with van der Waals surface area (Å²) in [7, 11) is 1.91. The van der Waals surface area contributed by atoms with Crippen LogP contribution in [0, 0.1) is 0 Å². The van der Waals surface area contributed by atoms with Crippen molar-refractivity contribution in [2.75, 3.05) is 0 Å². The fraction of sp³-hybridized carbons (Fsp3) is 0.381. The second-order valence-corrected chi connectivity index (χ2v) is 7.82. The Morgan fingerprint density at radius 3 is 2.89 bits per heavy atom. The first-order valence-electron chi connectivity index (χ1n) is 9.55. The molecule has 0 spiro atoms. The Bertz CT molecular complexity index is 1000. The lowest BCUT2D eigenvalue weighted by Crippen LogP contribution is -2.45. The number of carbonyl (C=O) groups excluding carboxylic acids is 1. The third-order valence-electron chi connectivity index (χ3n) is 5.38. The van der Waals surface area contributed by atoms with Gasteiger partial charge in [-0.3, -0.25) is 4.79 Å². The number of aliphatic hydroxyl groups is 1. The van der Waals surface area contributed by atoms with Gasteiger partial charge >= 0.3 is 0 Å². The first kappa shape index (κ1) is 18.9. The average Bonchev–Trinajstić information content (AvgIpc) is 3.07. The number of aromatic nitrogens is 3. The van der Waals surface area contributed by atoms with Crippen molar-refractivity contribution in [1.82, 2.24) is 19.9 Å². The van der Waals surface area contributed by atoms with E-state index in [9.17, 15) is 9.90 Å². The second-order valence-electron chi connectivity index (χ2n) is 7.43. The molecule has 0 aromatic carbocycles. The lowest BCUT2D eigenvalue weighted by molar-refractivity contribution is 0.0714. The van der Waals surface area contributed by atoms with Crippen LogP contribution in [-0.2, 0) is 13.5 Å². The maximum atomic E-state index is 12.9. The fourth-order valence-corrected chi connectivity index (χ4v) is 3.93. The Labute approximate surface area is 168 Å². The van der Waals surface area contributed by atoms with Gasteiger partial charge in [0.2, 0.25) is 0 Å². The molecule has 6 nitrogen and oxygen atoms in total. The SMILES string of the molecule is Cn1ccc2c(Cc3ccc(Cl)nc3)cc(C(=O)N[C@H]3CCCC[C@@H]3O)nc21. The number of aryl methyl sites for hydroxylation is 1. The molecule has 3 heterocycles.